The van der Waals surface area contributed by atoms with E-state index in [9.17, 15) is 4.79 Å². The summed E-state index contributed by atoms with van der Waals surface area (Å²) in [6, 6.07) is 10.2. The zero-order valence-corrected chi connectivity index (χ0v) is 11.1. The van der Waals surface area contributed by atoms with Gasteiger partial charge in [0.05, 0.1) is 12.1 Å². The molecule has 2 fully saturated rings. The molecule has 1 aromatic rings. The summed E-state index contributed by atoms with van der Waals surface area (Å²) >= 11 is 0. The van der Waals surface area contributed by atoms with Gasteiger partial charge in [-0.3, -0.25) is 4.79 Å². The first-order chi connectivity index (χ1) is 9.30. The van der Waals surface area contributed by atoms with Gasteiger partial charge in [0.2, 0.25) is 5.91 Å². The maximum atomic E-state index is 12.2. The Morgan fingerprint density at radius 1 is 1.32 bits per heavy atom. The van der Waals surface area contributed by atoms with Crippen molar-refractivity contribution in [3.8, 4) is 0 Å². The molecule has 1 amide bonds. The van der Waals surface area contributed by atoms with Crippen LogP contribution < -0.4 is 5.32 Å². The molecular formula is C15H20N2O2. The summed E-state index contributed by atoms with van der Waals surface area (Å²) in [7, 11) is 0. The summed E-state index contributed by atoms with van der Waals surface area (Å²) in [5, 5.41) is 3.41. The average Bonchev–Trinajstić information content (AvgIpc) is 2.45. The third kappa shape index (κ3) is 2.51. The Bertz CT molecular complexity index is 435. The van der Waals surface area contributed by atoms with E-state index in [2.05, 4.69) is 17.4 Å². The predicted molar refractivity (Wildman–Crippen MR) is 72.6 cm³/mol. The van der Waals surface area contributed by atoms with E-state index in [0.717, 1.165) is 25.9 Å². The Morgan fingerprint density at radius 3 is 2.89 bits per heavy atom. The highest BCUT2D eigenvalue weighted by molar-refractivity contribution is 5.79. The van der Waals surface area contributed by atoms with Crippen LogP contribution in [0.25, 0.3) is 0 Å². The van der Waals surface area contributed by atoms with Crippen molar-refractivity contribution in [1.29, 1.82) is 0 Å². The Kier molecular flexibility index (Phi) is 3.53. The number of morpholine rings is 1. The van der Waals surface area contributed by atoms with Crippen LogP contribution in [0.2, 0.25) is 0 Å². The monoisotopic (exact) mass is 260 g/mol. The average molecular weight is 260 g/mol. The van der Waals surface area contributed by atoms with E-state index >= 15 is 0 Å². The predicted octanol–water partition coefficient (Wildman–Crippen LogP) is 1.17. The number of piperidine rings is 1. The Hall–Kier alpha value is -1.39. The molecule has 2 aliphatic rings. The third-order valence-corrected chi connectivity index (χ3v) is 4.10. The van der Waals surface area contributed by atoms with Crippen molar-refractivity contribution in [3.63, 3.8) is 0 Å². The number of carbonyl (C=O) groups is 1. The first-order valence-electron chi connectivity index (χ1n) is 6.93. The van der Waals surface area contributed by atoms with Crippen LogP contribution >= 0.6 is 0 Å². The van der Waals surface area contributed by atoms with Gasteiger partial charge in [0, 0.05) is 13.1 Å². The van der Waals surface area contributed by atoms with Crippen LogP contribution in [0, 0.1) is 0 Å². The molecule has 2 heterocycles. The fraction of sp³-hybridized carbons (Fsp3) is 0.533. The minimum absolute atomic E-state index is 0.110. The van der Waals surface area contributed by atoms with Crippen LogP contribution in [0.5, 0.6) is 0 Å². The van der Waals surface area contributed by atoms with Crippen molar-refractivity contribution in [2.75, 3.05) is 26.3 Å². The molecule has 0 radical (unpaired) electrons. The molecule has 2 saturated heterocycles. The molecule has 0 bridgehead atoms. The van der Waals surface area contributed by atoms with Crippen LogP contribution in [0.3, 0.4) is 0 Å². The topological polar surface area (TPSA) is 41.6 Å². The first-order valence-corrected chi connectivity index (χ1v) is 6.93. The second-order valence-electron chi connectivity index (χ2n) is 5.46. The van der Waals surface area contributed by atoms with E-state index < -0.39 is 0 Å². The molecular weight excluding hydrogens is 240 g/mol. The van der Waals surface area contributed by atoms with Gasteiger partial charge in [0.25, 0.3) is 0 Å². The van der Waals surface area contributed by atoms with E-state index in [1.807, 2.05) is 23.1 Å². The lowest BCUT2D eigenvalue weighted by Gasteiger charge is -2.49. The molecule has 2 aliphatic heterocycles. The zero-order valence-electron chi connectivity index (χ0n) is 11.1. The van der Waals surface area contributed by atoms with Crippen LogP contribution in [-0.2, 0) is 16.1 Å². The Morgan fingerprint density at radius 2 is 2.16 bits per heavy atom. The molecule has 0 aromatic heterocycles. The molecule has 3 rings (SSSR count). The summed E-state index contributed by atoms with van der Waals surface area (Å²) in [5.74, 6) is 0.110. The van der Waals surface area contributed by atoms with Gasteiger partial charge in [-0.05, 0) is 24.9 Å². The van der Waals surface area contributed by atoms with Crippen molar-refractivity contribution in [3.05, 3.63) is 35.9 Å². The molecule has 1 unspecified atom stereocenters. The number of rotatable bonds is 2. The summed E-state index contributed by atoms with van der Waals surface area (Å²) in [6.07, 6.45) is 2.13. The number of amides is 1. The zero-order chi connectivity index (χ0) is 13.1. The molecule has 1 spiro atoms. The smallest absolute Gasteiger partial charge is 0.249 e. The van der Waals surface area contributed by atoms with Gasteiger partial charge in [-0.2, -0.15) is 0 Å². The normalized spacial score (nSPS) is 27.8. The van der Waals surface area contributed by atoms with Gasteiger partial charge >= 0.3 is 0 Å². The van der Waals surface area contributed by atoms with E-state index in [1.54, 1.807) is 0 Å². The second kappa shape index (κ2) is 5.31. The standard InChI is InChI=1S/C15H20N2O2/c18-14-10-19-12-15(7-4-8-16-11-15)17(14)9-13-5-2-1-3-6-13/h1-3,5-6,16H,4,7-12H2. The van der Waals surface area contributed by atoms with Gasteiger partial charge in [0.15, 0.2) is 0 Å². The molecule has 102 valence electrons. The lowest BCUT2D eigenvalue weighted by molar-refractivity contribution is -0.161. The SMILES string of the molecule is O=C1COCC2(CCCNC2)N1Cc1ccccc1. The maximum Gasteiger partial charge on any atom is 0.249 e. The number of benzene rings is 1. The summed E-state index contributed by atoms with van der Waals surface area (Å²) in [4.78, 5) is 14.3. The molecule has 1 N–H and O–H groups in total. The molecule has 0 aliphatic carbocycles. The lowest BCUT2D eigenvalue weighted by Crippen LogP contribution is -2.65. The van der Waals surface area contributed by atoms with Gasteiger partial charge < -0.3 is 15.0 Å². The number of nitrogens with one attached hydrogen (secondary N) is 1. The van der Waals surface area contributed by atoms with Crippen LogP contribution in [0.1, 0.15) is 18.4 Å². The number of carbonyl (C=O) groups excluding carboxylic acids is 1. The first kappa shape index (κ1) is 12.6. The number of nitrogens with zero attached hydrogens (tertiary/aromatic N) is 1. The highest BCUT2D eigenvalue weighted by Gasteiger charge is 2.43. The molecule has 4 heteroatoms. The van der Waals surface area contributed by atoms with Crippen molar-refractivity contribution in [1.82, 2.24) is 10.2 Å². The molecule has 4 nitrogen and oxygen atoms in total. The molecule has 1 atom stereocenters. The quantitative estimate of drug-likeness (QED) is 0.868. The van der Waals surface area contributed by atoms with Gasteiger partial charge in [0.1, 0.15) is 6.61 Å². The summed E-state index contributed by atoms with van der Waals surface area (Å²) < 4.78 is 5.51. The maximum absolute atomic E-state index is 12.2. The van der Waals surface area contributed by atoms with Gasteiger partial charge in [-0.25, -0.2) is 0 Å². The van der Waals surface area contributed by atoms with E-state index in [0.29, 0.717) is 13.2 Å². The van der Waals surface area contributed by atoms with Gasteiger partial charge in [-0.15, -0.1) is 0 Å². The summed E-state index contributed by atoms with van der Waals surface area (Å²) in [5.41, 5.74) is 1.03. The van der Waals surface area contributed by atoms with E-state index in [-0.39, 0.29) is 18.1 Å². The summed E-state index contributed by atoms with van der Waals surface area (Å²) in [6.45, 7) is 3.43. The van der Waals surface area contributed by atoms with Crippen LogP contribution in [0.15, 0.2) is 30.3 Å². The minimum Gasteiger partial charge on any atom is -0.369 e. The van der Waals surface area contributed by atoms with Crippen molar-refractivity contribution < 1.29 is 9.53 Å². The fourth-order valence-corrected chi connectivity index (χ4v) is 3.08. The van der Waals surface area contributed by atoms with Crippen molar-refractivity contribution >= 4 is 5.91 Å². The molecule has 1 aromatic carbocycles. The second-order valence-corrected chi connectivity index (χ2v) is 5.46. The van der Waals surface area contributed by atoms with Gasteiger partial charge in [-0.1, -0.05) is 30.3 Å². The molecule has 0 saturated carbocycles. The van der Waals surface area contributed by atoms with Crippen molar-refractivity contribution in [2.45, 2.75) is 24.9 Å². The lowest BCUT2D eigenvalue weighted by atomic mass is 9.87. The Balaban J connectivity index is 1.83. The van der Waals surface area contributed by atoms with Crippen LogP contribution in [0.4, 0.5) is 0 Å². The fourth-order valence-electron chi connectivity index (χ4n) is 3.08. The number of hydrogen-bond acceptors (Lipinski definition) is 3. The highest BCUT2D eigenvalue weighted by atomic mass is 16.5. The Labute approximate surface area is 113 Å². The largest absolute Gasteiger partial charge is 0.369 e. The van der Waals surface area contributed by atoms with E-state index in [4.69, 9.17) is 4.74 Å². The molecule has 19 heavy (non-hydrogen) atoms. The minimum atomic E-state index is -0.149. The van der Waals surface area contributed by atoms with Crippen molar-refractivity contribution in [2.24, 2.45) is 0 Å². The highest BCUT2D eigenvalue weighted by Crippen LogP contribution is 2.29. The van der Waals surface area contributed by atoms with Crippen LogP contribution in [-0.4, -0.2) is 42.6 Å². The number of hydrogen-bond donors (Lipinski definition) is 1. The van der Waals surface area contributed by atoms with E-state index in [1.165, 1.54) is 5.56 Å². The third-order valence-electron chi connectivity index (χ3n) is 4.10. The number of ether oxygens (including phenoxy) is 1.